The zero-order valence-electron chi connectivity index (χ0n) is 10.1. The molecule has 0 aliphatic heterocycles. The average Bonchev–Trinajstić information content (AvgIpc) is 2.39. The second-order valence-corrected chi connectivity index (χ2v) is 4.19. The largest absolute Gasteiger partial charge is 0.495 e. The van der Waals surface area contributed by atoms with E-state index in [4.69, 9.17) is 21.6 Å². The summed E-state index contributed by atoms with van der Waals surface area (Å²) >= 11 is 5.99. The first-order chi connectivity index (χ1) is 9.13. The fourth-order valence-corrected chi connectivity index (χ4v) is 1.85. The number of hydrogen-bond donors (Lipinski definition) is 1. The lowest BCUT2D eigenvalue weighted by molar-refractivity contribution is 0.415. The summed E-state index contributed by atoms with van der Waals surface area (Å²) in [5.74, 6) is 0.00494. The van der Waals surface area contributed by atoms with Crippen LogP contribution < -0.4 is 10.1 Å². The number of nitriles is 1. The van der Waals surface area contributed by atoms with E-state index in [0.717, 1.165) is 0 Å². The van der Waals surface area contributed by atoms with Gasteiger partial charge in [-0.3, -0.25) is 0 Å². The Morgan fingerprint density at radius 2 is 1.89 bits per heavy atom. The molecule has 0 saturated heterocycles. The summed E-state index contributed by atoms with van der Waals surface area (Å²) in [7, 11) is 1.53. The van der Waals surface area contributed by atoms with Crippen molar-refractivity contribution in [2.24, 2.45) is 0 Å². The normalized spacial score (nSPS) is 9.79. The van der Waals surface area contributed by atoms with Gasteiger partial charge in [-0.05, 0) is 36.4 Å². The Kier molecular flexibility index (Phi) is 3.88. The van der Waals surface area contributed by atoms with Gasteiger partial charge < -0.3 is 10.1 Å². The highest BCUT2D eigenvalue weighted by Gasteiger charge is 2.05. The van der Waals surface area contributed by atoms with Gasteiger partial charge in [0.05, 0.1) is 17.7 Å². The van der Waals surface area contributed by atoms with Crippen LogP contribution in [0, 0.1) is 17.1 Å². The molecule has 0 saturated carbocycles. The molecule has 0 unspecified atom stereocenters. The van der Waals surface area contributed by atoms with Gasteiger partial charge in [0.1, 0.15) is 17.6 Å². The van der Waals surface area contributed by atoms with Crippen LogP contribution >= 0.6 is 11.6 Å². The van der Waals surface area contributed by atoms with E-state index in [1.54, 1.807) is 30.3 Å². The zero-order chi connectivity index (χ0) is 13.8. The minimum atomic E-state index is -0.563. The fourth-order valence-electron chi connectivity index (χ4n) is 1.59. The maximum atomic E-state index is 13.4. The SMILES string of the molecule is COc1ccc(Nc2ccc(C#N)c(F)c2)cc1Cl. The van der Waals surface area contributed by atoms with Gasteiger partial charge in [0, 0.05) is 11.4 Å². The van der Waals surface area contributed by atoms with Gasteiger partial charge in [-0.15, -0.1) is 0 Å². The first-order valence-electron chi connectivity index (χ1n) is 5.44. The van der Waals surface area contributed by atoms with E-state index in [1.807, 2.05) is 0 Å². The Hall–Kier alpha value is -2.25. The molecule has 5 heteroatoms. The molecular formula is C14H10ClFN2O. The third-order valence-corrected chi connectivity index (χ3v) is 2.83. The molecule has 0 amide bonds. The summed E-state index contributed by atoms with van der Waals surface area (Å²) in [4.78, 5) is 0. The van der Waals surface area contributed by atoms with Crippen LogP contribution in [0.1, 0.15) is 5.56 Å². The van der Waals surface area contributed by atoms with Crippen molar-refractivity contribution in [1.82, 2.24) is 0 Å². The van der Waals surface area contributed by atoms with E-state index in [2.05, 4.69) is 5.32 Å². The van der Waals surface area contributed by atoms with Crippen LogP contribution in [-0.4, -0.2) is 7.11 Å². The van der Waals surface area contributed by atoms with Crippen LogP contribution in [0.2, 0.25) is 5.02 Å². The van der Waals surface area contributed by atoms with Gasteiger partial charge in [-0.25, -0.2) is 4.39 Å². The number of methoxy groups -OCH3 is 1. The number of halogens is 2. The van der Waals surface area contributed by atoms with Crippen molar-refractivity contribution in [2.75, 3.05) is 12.4 Å². The lowest BCUT2D eigenvalue weighted by Crippen LogP contribution is -1.93. The van der Waals surface area contributed by atoms with E-state index in [0.29, 0.717) is 22.1 Å². The lowest BCUT2D eigenvalue weighted by atomic mass is 10.2. The lowest BCUT2D eigenvalue weighted by Gasteiger charge is -2.09. The molecule has 0 aliphatic rings. The van der Waals surface area contributed by atoms with E-state index >= 15 is 0 Å². The maximum absolute atomic E-state index is 13.4. The number of hydrogen-bond acceptors (Lipinski definition) is 3. The number of nitrogens with one attached hydrogen (secondary N) is 1. The van der Waals surface area contributed by atoms with Gasteiger partial charge in [-0.2, -0.15) is 5.26 Å². The minimum Gasteiger partial charge on any atom is -0.495 e. The number of anilines is 2. The van der Waals surface area contributed by atoms with E-state index in [9.17, 15) is 4.39 Å². The fraction of sp³-hybridized carbons (Fsp3) is 0.0714. The van der Waals surface area contributed by atoms with Gasteiger partial charge in [-0.1, -0.05) is 11.6 Å². The Labute approximate surface area is 115 Å². The number of nitrogens with zero attached hydrogens (tertiary/aromatic N) is 1. The Balaban J connectivity index is 2.24. The van der Waals surface area contributed by atoms with Gasteiger partial charge in [0.15, 0.2) is 0 Å². The van der Waals surface area contributed by atoms with Crippen molar-refractivity contribution in [3.63, 3.8) is 0 Å². The predicted molar refractivity (Wildman–Crippen MR) is 72.4 cm³/mol. The molecule has 0 spiro atoms. The van der Waals surface area contributed by atoms with Crippen LogP contribution in [0.5, 0.6) is 5.75 Å². The molecule has 2 aromatic rings. The molecule has 3 nitrogen and oxygen atoms in total. The zero-order valence-corrected chi connectivity index (χ0v) is 10.8. The van der Waals surface area contributed by atoms with Gasteiger partial charge in [0.2, 0.25) is 0 Å². The van der Waals surface area contributed by atoms with Crippen molar-refractivity contribution in [3.8, 4) is 11.8 Å². The molecule has 1 N–H and O–H groups in total. The van der Waals surface area contributed by atoms with Crippen molar-refractivity contribution in [1.29, 1.82) is 5.26 Å². The molecule has 2 rings (SSSR count). The standard InChI is InChI=1S/C14H10ClFN2O/c1-19-14-5-4-10(6-12(14)15)18-11-3-2-9(8-17)13(16)7-11/h2-7,18H,1H3. The molecular weight excluding hydrogens is 267 g/mol. The highest BCUT2D eigenvalue weighted by atomic mass is 35.5. The van der Waals surface area contributed by atoms with Crippen LogP contribution in [-0.2, 0) is 0 Å². The Morgan fingerprint density at radius 3 is 2.47 bits per heavy atom. The number of ether oxygens (including phenoxy) is 1. The predicted octanol–water partition coefficient (Wildman–Crippen LogP) is 4.10. The smallest absolute Gasteiger partial charge is 0.143 e. The number of benzene rings is 2. The molecule has 0 aromatic heterocycles. The van der Waals surface area contributed by atoms with Crippen LogP contribution in [0.4, 0.5) is 15.8 Å². The van der Waals surface area contributed by atoms with Gasteiger partial charge in [0.25, 0.3) is 0 Å². The molecule has 0 aliphatic carbocycles. The molecule has 19 heavy (non-hydrogen) atoms. The summed E-state index contributed by atoms with van der Waals surface area (Å²) in [6.45, 7) is 0. The summed E-state index contributed by atoms with van der Waals surface area (Å²) in [5.41, 5.74) is 1.26. The maximum Gasteiger partial charge on any atom is 0.143 e. The average molecular weight is 277 g/mol. The van der Waals surface area contributed by atoms with E-state index in [1.165, 1.54) is 19.2 Å². The molecule has 0 radical (unpaired) electrons. The highest BCUT2D eigenvalue weighted by molar-refractivity contribution is 6.32. The van der Waals surface area contributed by atoms with E-state index in [-0.39, 0.29) is 5.56 Å². The third-order valence-electron chi connectivity index (χ3n) is 2.53. The van der Waals surface area contributed by atoms with E-state index < -0.39 is 5.82 Å². The first-order valence-corrected chi connectivity index (χ1v) is 5.82. The third kappa shape index (κ3) is 2.95. The molecule has 0 heterocycles. The molecule has 0 bridgehead atoms. The summed E-state index contributed by atoms with van der Waals surface area (Å²) in [5, 5.41) is 12.1. The molecule has 2 aromatic carbocycles. The van der Waals surface area contributed by atoms with Crippen molar-refractivity contribution in [3.05, 3.63) is 52.8 Å². The monoisotopic (exact) mass is 276 g/mol. The highest BCUT2D eigenvalue weighted by Crippen LogP contribution is 2.29. The Morgan fingerprint density at radius 1 is 1.21 bits per heavy atom. The van der Waals surface area contributed by atoms with Crippen molar-refractivity contribution >= 4 is 23.0 Å². The van der Waals surface area contributed by atoms with Crippen molar-refractivity contribution < 1.29 is 9.13 Å². The molecule has 96 valence electrons. The quantitative estimate of drug-likeness (QED) is 0.918. The molecule has 0 atom stereocenters. The summed E-state index contributed by atoms with van der Waals surface area (Å²) in [6.07, 6.45) is 0. The minimum absolute atomic E-state index is 0.0123. The molecule has 0 fully saturated rings. The van der Waals surface area contributed by atoms with Crippen molar-refractivity contribution in [2.45, 2.75) is 0 Å². The van der Waals surface area contributed by atoms with Gasteiger partial charge >= 0.3 is 0 Å². The topological polar surface area (TPSA) is 45.0 Å². The summed E-state index contributed by atoms with van der Waals surface area (Å²) < 4.78 is 18.5. The van der Waals surface area contributed by atoms with Crippen LogP contribution in [0.15, 0.2) is 36.4 Å². The Bertz CT molecular complexity index is 652. The second-order valence-electron chi connectivity index (χ2n) is 3.78. The number of rotatable bonds is 3. The first kappa shape index (κ1) is 13.2. The second kappa shape index (κ2) is 5.59. The summed E-state index contributed by atoms with van der Waals surface area (Å²) in [6, 6.07) is 11.2. The van der Waals surface area contributed by atoms with Crippen LogP contribution in [0.3, 0.4) is 0 Å². The van der Waals surface area contributed by atoms with Crippen LogP contribution in [0.25, 0.3) is 0 Å².